The molecule has 25 heavy (non-hydrogen) atoms. The highest BCUT2D eigenvalue weighted by molar-refractivity contribution is 5.80. The van der Waals surface area contributed by atoms with Gasteiger partial charge in [-0.2, -0.15) is 0 Å². The second-order valence-electron chi connectivity index (χ2n) is 8.39. The second-order valence-corrected chi connectivity index (χ2v) is 8.39. The maximum atomic E-state index is 5.67. The molecule has 0 radical (unpaired) electrons. The highest BCUT2D eigenvalue weighted by Gasteiger charge is 2.28. The second kappa shape index (κ2) is 10.4. The van der Waals surface area contributed by atoms with Crippen molar-refractivity contribution in [1.29, 1.82) is 0 Å². The topological polar surface area (TPSA) is 48.9 Å². The van der Waals surface area contributed by atoms with E-state index in [1.165, 1.54) is 38.5 Å². The van der Waals surface area contributed by atoms with Crippen molar-refractivity contribution in [2.45, 2.75) is 78.4 Å². The lowest BCUT2D eigenvalue weighted by molar-refractivity contribution is 0.0532. The molecule has 1 saturated carbocycles. The summed E-state index contributed by atoms with van der Waals surface area (Å²) >= 11 is 0. The molecule has 0 unspecified atom stereocenters. The van der Waals surface area contributed by atoms with Crippen LogP contribution in [0.15, 0.2) is 4.99 Å². The Balaban J connectivity index is 1.73. The number of piperidine rings is 1. The van der Waals surface area contributed by atoms with Gasteiger partial charge in [-0.1, -0.05) is 19.8 Å². The molecule has 0 aromatic carbocycles. The normalized spacial score (nSPS) is 22.5. The highest BCUT2D eigenvalue weighted by Crippen LogP contribution is 2.37. The molecule has 0 atom stereocenters. The number of ether oxygens (including phenoxy) is 1. The fourth-order valence-electron chi connectivity index (χ4n) is 3.89. The zero-order valence-electron chi connectivity index (χ0n) is 16.9. The van der Waals surface area contributed by atoms with Crippen LogP contribution in [0.5, 0.6) is 0 Å². The standard InChI is InChI=1S/C20H40N4O/c1-5-21-19(22-16-20(4)10-6-7-11-20)23-18-8-12-24(13-9-18)14-15-25-17(2)3/h17-18H,5-16H2,1-4H3,(H2,21,22,23). The van der Waals surface area contributed by atoms with E-state index in [1.807, 2.05) is 0 Å². The van der Waals surface area contributed by atoms with Gasteiger partial charge in [0.1, 0.15) is 0 Å². The van der Waals surface area contributed by atoms with Gasteiger partial charge in [0.2, 0.25) is 0 Å². The largest absolute Gasteiger partial charge is 0.377 e. The molecule has 146 valence electrons. The molecule has 1 saturated heterocycles. The van der Waals surface area contributed by atoms with Crippen molar-refractivity contribution in [2.75, 3.05) is 39.3 Å². The number of hydrogen-bond donors (Lipinski definition) is 2. The van der Waals surface area contributed by atoms with Crippen LogP contribution in [0.4, 0.5) is 0 Å². The van der Waals surface area contributed by atoms with Gasteiger partial charge < -0.3 is 20.3 Å². The molecular formula is C20H40N4O. The fraction of sp³-hybridized carbons (Fsp3) is 0.950. The van der Waals surface area contributed by atoms with Crippen molar-refractivity contribution >= 4 is 5.96 Å². The molecule has 0 amide bonds. The molecule has 5 nitrogen and oxygen atoms in total. The number of nitrogens with zero attached hydrogens (tertiary/aromatic N) is 2. The molecule has 1 heterocycles. The molecule has 0 aromatic heterocycles. The molecule has 2 N–H and O–H groups in total. The summed E-state index contributed by atoms with van der Waals surface area (Å²) in [6, 6.07) is 0.538. The van der Waals surface area contributed by atoms with E-state index in [1.54, 1.807) is 0 Å². The molecule has 1 aliphatic heterocycles. The molecule has 1 aliphatic carbocycles. The zero-order valence-corrected chi connectivity index (χ0v) is 16.9. The average Bonchev–Trinajstić information content (AvgIpc) is 3.01. The van der Waals surface area contributed by atoms with E-state index in [4.69, 9.17) is 9.73 Å². The quantitative estimate of drug-likeness (QED) is 0.521. The number of nitrogens with one attached hydrogen (secondary N) is 2. The van der Waals surface area contributed by atoms with Crippen molar-refractivity contribution in [3.63, 3.8) is 0 Å². The van der Waals surface area contributed by atoms with Gasteiger partial charge in [-0.05, 0) is 51.9 Å². The first kappa shape index (κ1) is 20.5. The van der Waals surface area contributed by atoms with Crippen LogP contribution >= 0.6 is 0 Å². The summed E-state index contributed by atoms with van der Waals surface area (Å²) in [5.41, 5.74) is 0.419. The SMILES string of the molecule is CCNC(=NCC1(C)CCCC1)NC1CCN(CCOC(C)C)CC1. The van der Waals surface area contributed by atoms with E-state index in [-0.39, 0.29) is 0 Å². The van der Waals surface area contributed by atoms with Crippen molar-refractivity contribution in [3.8, 4) is 0 Å². The van der Waals surface area contributed by atoms with Gasteiger partial charge in [0.25, 0.3) is 0 Å². The lowest BCUT2D eigenvalue weighted by atomic mass is 9.89. The molecule has 0 spiro atoms. The maximum absolute atomic E-state index is 5.67. The van der Waals surface area contributed by atoms with Crippen LogP contribution in [0.2, 0.25) is 0 Å². The first-order chi connectivity index (χ1) is 12.0. The van der Waals surface area contributed by atoms with Crippen molar-refractivity contribution < 1.29 is 4.74 Å². The number of aliphatic imine (C=N–C) groups is 1. The fourth-order valence-corrected chi connectivity index (χ4v) is 3.89. The van der Waals surface area contributed by atoms with E-state index in [9.17, 15) is 0 Å². The van der Waals surface area contributed by atoms with Crippen LogP contribution in [0, 0.1) is 5.41 Å². The minimum Gasteiger partial charge on any atom is -0.377 e. The molecule has 2 aliphatic rings. The Hall–Kier alpha value is -0.810. The van der Waals surface area contributed by atoms with E-state index in [0.29, 0.717) is 17.6 Å². The van der Waals surface area contributed by atoms with Gasteiger partial charge in [0, 0.05) is 38.8 Å². The number of hydrogen-bond acceptors (Lipinski definition) is 3. The minimum atomic E-state index is 0.333. The Labute approximate surface area is 155 Å². The lowest BCUT2D eigenvalue weighted by Gasteiger charge is -2.33. The highest BCUT2D eigenvalue weighted by atomic mass is 16.5. The average molecular weight is 353 g/mol. The van der Waals surface area contributed by atoms with E-state index in [2.05, 4.69) is 43.2 Å². The Morgan fingerprint density at radius 2 is 1.92 bits per heavy atom. The predicted molar refractivity (Wildman–Crippen MR) is 106 cm³/mol. The van der Waals surface area contributed by atoms with Crippen LogP contribution in [-0.4, -0.2) is 62.3 Å². The van der Waals surface area contributed by atoms with Gasteiger partial charge in [0.05, 0.1) is 12.7 Å². The predicted octanol–water partition coefficient (Wildman–Crippen LogP) is 3.01. The number of likely N-dealkylation sites (tertiary alicyclic amines) is 1. The number of guanidine groups is 1. The van der Waals surface area contributed by atoms with Gasteiger partial charge >= 0.3 is 0 Å². The summed E-state index contributed by atoms with van der Waals surface area (Å²) in [7, 11) is 0. The third-order valence-corrected chi connectivity index (χ3v) is 5.56. The Bertz CT molecular complexity index is 397. The molecule has 2 fully saturated rings. The summed E-state index contributed by atoms with van der Waals surface area (Å²) in [4.78, 5) is 7.43. The first-order valence-electron chi connectivity index (χ1n) is 10.4. The van der Waals surface area contributed by atoms with Crippen LogP contribution in [-0.2, 0) is 4.74 Å². The first-order valence-corrected chi connectivity index (χ1v) is 10.4. The summed E-state index contributed by atoms with van der Waals surface area (Å²) in [6.07, 6.45) is 8.09. The van der Waals surface area contributed by atoms with Gasteiger partial charge in [-0.3, -0.25) is 4.99 Å². The summed E-state index contributed by atoms with van der Waals surface area (Å²) in [5, 5.41) is 7.11. The van der Waals surface area contributed by atoms with Crippen LogP contribution in [0.3, 0.4) is 0 Å². The van der Waals surface area contributed by atoms with Gasteiger partial charge in [-0.25, -0.2) is 0 Å². The third-order valence-electron chi connectivity index (χ3n) is 5.56. The molecule has 0 aromatic rings. The minimum absolute atomic E-state index is 0.333. The van der Waals surface area contributed by atoms with E-state index in [0.717, 1.165) is 45.3 Å². The zero-order chi connectivity index (χ0) is 18.1. The summed E-state index contributed by atoms with van der Waals surface area (Å²) in [6.45, 7) is 14.8. The molecule has 5 heteroatoms. The summed E-state index contributed by atoms with van der Waals surface area (Å²) in [5.74, 6) is 1.01. The van der Waals surface area contributed by atoms with Gasteiger partial charge in [-0.15, -0.1) is 0 Å². The lowest BCUT2D eigenvalue weighted by Crippen LogP contribution is -2.49. The smallest absolute Gasteiger partial charge is 0.191 e. The Morgan fingerprint density at radius 1 is 1.24 bits per heavy atom. The maximum Gasteiger partial charge on any atom is 0.191 e. The molecule has 2 rings (SSSR count). The van der Waals surface area contributed by atoms with E-state index >= 15 is 0 Å². The van der Waals surface area contributed by atoms with Crippen LogP contribution in [0.25, 0.3) is 0 Å². The summed E-state index contributed by atoms with van der Waals surface area (Å²) < 4.78 is 5.67. The van der Waals surface area contributed by atoms with Gasteiger partial charge in [0.15, 0.2) is 5.96 Å². The third kappa shape index (κ3) is 7.53. The monoisotopic (exact) mass is 352 g/mol. The Morgan fingerprint density at radius 3 is 2.52 bits per heavy atom. The van der Waals surface area contributed by atoms with Crippen molar-refractivity contribution in [2.24, 2.45) is 10.4 Å². The number of rotatable bonds is 8. The van der Waals surface area contributed by atoms with Crippen LogP contribution in [0.1, 0.15) is 66.2 Å². The van der Waals surface area contributed by atoms with Crippen molar-refractivity contribution in [3.05, 3.63) is 0 Å². The molecule has 0 bridgehead atoms. The van der Waals surface area contributed by atoms with Crippen molar-refractivity contribution in [1.82, 2.24) is 15.5 Å². The van der Waals surface area contributed by atoms with E-state index < -0.39 is 0 Å². The Kier molecular flexibility index (Phi) is 8.50. The molecular weight excluding hydrogens is 312 g/mol. The van der Waals surface area contributed by atoms with Crippen LogP contribution < -0.4 is 10.6 Å².